The summed E-state index contributed by atoms with van der Waals surface area (Å²) < 4.78 is 12.7. The number of rotatable bonds is 5. The number of piperazine rings is 1. The Morgan fingerprint density at radius 3 is 2.56 bits per heavy atom. The van der Waals surface area contributed by atoms with Gasteiger partial charge in [-0.25, -0.2) is 4.39 Å². The van der Waals surface area contributed by atoms with E-state index in [1.54, 1.807) is 12.1 Å². The van der Waals surface area contributed by atoms with Gasteiger partial charge in [-0.3, -0.25) is 9.69 Å². The minimum atomic E-state index is -0.231. The molecule has 0 bridgehead atoms. The number of nitrogens with one attached hydrogen (secondary N) is 1. The zero-order chi connectivity index (χ0) is 12.8. The molecule has 1 aliphatic heterocycles. The monoisotopic (exact) mass is 250 g/mol. The Kier molecular flexibility index (Phi) is 4.84. The van der Waals surface area contributed by atoms with Gasteiger partial charge in [0.25, 0.3) is 0 Å². The molecule has 0 atom stereocenters. The lowest BCUT2D eigenvalue weighted by Gasteiger charge is -2.26. The molecule has 1 N–H and O–H groups in total. The molecular weight excluding hydrogens is 231 g/mol. The first-order valence-corrected chi connectivity index (χ1v) is 6.43. The normalized spacial score (nSPS) is 16.7. The number of nitrogens with zero attached hydrogens (tertiary/aromatic N) is 1. The van der Waals surface area contributed by atoms with Crippen molar-refractivity contribution in [3.8, 4) is 0 Å². The fourth-order valence-corrected chi connectivity index (χ4v) is 2.13. The molecule has 2 rings (SSSR count). The van der Waals surface area contributed by atoms with E-state index in [1.165, 1.54) is 12.1 Å². The number of halogens is 1. The van der Waals surface area contributed by atoms with Crippen molar-refractivity contribution in [3.05, 3.63) is 35.6 Å². The smallest absolute Gasteiger partial charge is 0.147 e. The van der Waals surface area contributed by atoms with Gasteiger partial charge in [0.15, 0.2) is 0 Å². The van der Waals surface area contributed by atoms with E-state index >= 15 is 0 Å². The Hall–Kier alpha value is -1.26. The topological polar surface area (TPSA) is 32.3 Å². The third-order valence-electron chi connectivity index (χ3n) is 3.22. The summed E-state index contributed by atoms with van der Waals surface area (Å²) in [6.45, 7) is 4.37. The summed E-state index contributed by atoms with van der Waals surface area (Å²) in [7, 11) is 0. The highest BCUT2D eigenvalue weighted by Gasteiger charge is 2.13. The molecule has 98 valence electrons. The predicted molar refractivity (Wildman–Crippen MR) is 69.0 cm³/mol. The van der Waals surface area contributed by atoms with Crippen molar-refractivity contribution >= 4 is 5.78 Å². The first kappa shape index (κ1) is 13.2. The van der Waals surface area contributed by atoms with Crippen LogP contribution in [0.4, 0.5) is 4.39 Å². The van der Waals surface area contributed by atoms with Crippen LogP contribution in [0.1, 0.15) is 12.0 Å². The lowest BCUT2D eigenvalue weighted by molar-refractivity contribution is -0.120. The van der Waals surface area contributed by atoms with Crippen LogP contribution in [-0.2, 0) is 11.2 Å². The van der Waals surface area contributed by atoms with Crippen molar-refractivity contribution in [2.45, 2.75) is 12.8 Å². The Bertz CT molecular complexity index is 385. The SMILES string of the molecule is O=C(CCc1ccc(F)cc1)CN1CCNCC1. The van der Waals surface area contributed by atoms with Gasteiger partial charge in [0.05, 0.1) is 6.54 Å². The van der Waals surface area contributed by atoms with E-state index in [9.17, 15) is 9.18 Å². The van der Waals surface area contributed by atoms with Gasteiger partial charge in [-0.2, -0.15) is 0 Å². The summed E-state index contributed by atoms with van der Waals surface area (Å²) in [6.07, 6.45) is 1.24. The molecular formula is C14H19FN2O. The van der Waals surface area contributed by atoms with Crippen LogP contribution < -0.4 is 5.32 Å². The highest BCUT2D eigenvalue weighted by atomic mass is 19.1. The number of Topliss-reactive ketones (excluding diaryl/α,β-unsaturated/α-hetero) is 1. The number of benzene rings is 1. The van der Waals surface area contributed by atoms with Crippen LogP contribution in [0, 0.1) is 5.82 Å². The number of aryl methyl sites for hydroxylation is 1. The highest BCUT2D eigenvalue weighted by molar-refractivity contribution is 5.80. The molecule has 4 heteroatoms. The lowest BCUT2D eigenvalue weighted by atomic mass is 10.1. The van der Waals surface area contributed by atoms with Gasteiger partial charge >= 0.3 is 0 Å². The maximum Gasteiger partial charge on any atom is 0.147 e. The summed E-state index contributed by atoms with van der Waals surface area (Å²) >= 11 is 0. The minimum Gasteiger partial charge on any atom is -0.314 e. The van der Waals surface area contributed by atoms with Crippen molar-refractivity contribution in [3.63, 3.8) is 0 Å². The van der Waals surface area contributed by atoms with E-state index in [0.717, 1.165) is 31.7 Å². The highest BCUT2D eigenvalue weighted by Crippen LogP contribution is 2.06. The summed E-state index contributed by atoms with van der Waals surface area (Å²) in [4.78, 5) is 14.0. The van der Waals surface area contributed by atoms with E-state index < -0.39 is 0 Å². The Labute approximate surface area is 107 Å². The van der Waals surface area contributed by atoms with Gasteiger partial charge < -0.3 is 5.32 Å². The number of carbonyl (C=O) groups excluding carboxylic acids is 1. The average molecular weight is 250 g/mol. The van der Waals surface area contributed by atoms with Gasteiger partial charge in [0.2, 0.25) is 0 Å². The Morgan fingerprint density at radius 1 is 1.22 bits per heavy atom. The van der Waals surface area contributed by atoms with Gasteiger partial charge in [0, 0.05) is 32.6 Å². The zero-order valence-corrected chi connectivity index (χ0v) is 10.5. The molecule has 1 fully saturated rings. The van der Waals surface area contributed by atoms with Crippen LogP contribution in [0.15, 0.2) is 24.3 Å². The van der Waals surface area contributed by atoms with E-state index in [4.69, 9.17) is 0 Å². The quantitative estimate of drug-likeness (QED) is 0.853. The molecule has 0 aromatic heterocycles. The van der Waals surface area contributed by atoms with E-state index in [-0.39, 0.29) is 11.6 Å². The molecule has 0 radical (unpaired) electrons. The number of hydrogen-bond donors (Lipinski definition) is 1. The second-order valence-corrected chi connectivity index (χ2v) is 4.69. The van der Waals surface area contributed by atoms with Crippen molar-refractivity contribution in [2.24, 2.45) is 0 Å². The number of ketones is 1. The van der Waals surface area contributed by atoms with Crippen LogP contribution >= 0.6 is 0 Å². The number of hydrogen-bond acceptors (Lipinski definition) is 3. The molecule has 1 saturated heterocycles. The van der Waals surface area contributed by atoms with Crippen LogP contribution in [0.5, 0.6) is 0 Å². The Morgan fingerprint density at radius 2 is 1.89 bits per heavy atom. The molecule has 18 heavy (non-hydrogen) atoms. The molecule has 0 unspecified atom stereocenters. The van der Waals surface area contributed by atoms with Gasteiger partial charge in [-0.05, 0) is 24.1 Å². The predicted octanol–water partition coefficient (Wildman–Crippen LogP) is 1.23. The maximum atomic E-state index is 12.7. The third-order valence-corrected chi connectivity index (χ3v) is 3.22. The average Bonchev–Trinajstić information content (AvgIpc) is 2.39. The molecule has 0 saturated carbocycles. The molecule has 1 aromatic carbocycles. The van der Waals surface area contributed by atoms with Crippen molar-refractivity contribution in [2.75, 3.05) is 32.7 Å². The molecule has 0 amide bonds. The van der Waals surface area contributed by atoms with E-state index in [2.05, 4.69) is 10.2 Å². The van der Waals surface area contributed by atoms with E-state index in [1.807, 2.05) is 0 Å². The second kappa shape index (κ2) is 6.61. The molecule has 0 aliphatic carbocycles. The third kappa shape index (κ3) is 4.20. The minimum absolute atomic E-state index is 0.231. The molecule has 1 aromatic rings. The number of carbonyl (C=O) groups is 1. The van der Waals surface area contributed by atoms with Crippen LogP contribution in [0.3, 0.4) is 0 Å². The second-order valence-electron chi connectivity index (χ2n) is 4.69. The summed E-state index contributed by atoms with van der Waals surface area (Å²) in [5.74, 6) is 0.0344. The molecule has 1 heterocycles. The van der Waals surface area contributed by atoms with Crippen LogP contribution in [0.2, 0.25) is 0 Å². The zero-order valence-electron chi connectivity index (χ0n) is 10.5. The molecule has 1 aliphatic rings. The fourth-order valence-electron chi connectivity index (χ4n) is 2.13. The van der Waals surface area contributed by atoms with Crippen LogP contribution in [0.25, 0.3) is 0 Å². The van der Waals surface area contributed by atoms with E-state index in [0.29, 0.717) is 19.4 Å². The van der Waals surface area contributed by atoms with Gasteiger partial charge in [-0.15, -0.1) is 0 Å². The first-order valence-electron chi connectivity index (χ1n) is 6.43. The van der Waals surface area contributed by atoms with Crippen molar-refractivity contribution < 1.29 is 9.18 Å². The summed E-state index contributed by atoms with van der Waals surface area (Å²) in [6, 6.07) is 6.37. The van der Waals surface area contributed by atoms with Gasteiger partial charge in [-0.1, -0.05) is 12.1 Å². The van der Waals surface area contributed by atoms with Crippen molar-refractivity contribution in [1.29, 1.82) is 0 Å². The Balaban J connectivity index is 1.72. The lowest BCUT2D eigenvalue weighted by Crippen LogP contribution is -2.45. The first-order chi connectivity index (χ1) is 8.74. The molecule has 0 spiro atoms. The fraction of sp³-hybridized carbons (Fsp3) is 0.500. The summed E-state index contributed by atoms with van der Waals surface area (Å²) in [5, 5.41) is 3.26. The largest absolute Gasteiger partial charge is 0.314 e. The van der Waals surface area contributed by atoms with Crippen molar-refractivity contribution in [1.82, 2.24) is 10.2 Å². The standard InChI is InChI=1S/C14H19FN2O/c15-13-4-1-12(2-5-13)3-6-14(18)11-17-9-7-16-8-10-17/h1-2,4-5,16H,3,6-11H2. The van der Waals surface area contributed by atoms with Crippen LogP contribution in [-0.4, -0.2) is 43.4 Å². The maximum absolute atomic E-state index is 12.7. The summed E-state index contributed by atoms with van der Waals surface area (Å²) in [5.41, 5.74) is 1.02. The molecule has 3 nitrogen and oxygen atoms in total. The van der Waals surface area contributed by atoms with Gasteiger partial charge in [0.1, 0.15) is 11.6 Å².